The van der Waals surface area contributed by atoms with E-state index in [4.69, 9.17) is 4.74 Å². The number of ketones is 1. The van der Waals surface area contributed by atoms with Crippen molar-refractivity contribution in [2.24, 2.45) is 0 Å². The Bertz CT molecular complexity index is 1040. The number of amides is 1. The van der Waals surface area contributed by atoms with Gasteiger partial charge in [0.05, 0.1) is 16.1 Å². The predicted octanol–water partition coefficient (Wildman–Crippen LogP) is 4.66. The summed E-state index contributed by atoms with van der Waals surface area (Å²) < 4.78 is 5.17. The van der Waals surface area contributed by atoms with Crippen LogP contribution in [-0.4, -0.2) is 24.3 Å². The lowest BCUT2D eigenvalue weighted by atomic mass is 10.1. The van der Waals surface area contributed by atoms with Gasteiger partial charge in [-0.1, -0.05) is 29.8 Å². The summed E-state index contributed by atoms with van der Waals surface area (Å²) in [4.78, 5) is 38.6. The fourth-order valence-corrected chi connectivity index (χ4v) is 3.41. The molecule has 1 heterocycles. The summed E-state index contributed by atoms with van der Waals surface area (Å²) in [6.45, 7) is 3.45. The van der Waals surface area contributed by atoms with Gasteiger partial charge >= 0.3 is 5.97 Å². The number of hydrogen-bond donors (Lipinski definition) is 1. The molecule has 5 nitrogen and oxygen atoms in total. The van der Waals surface area contributed by atoms with E-state index in [9.17, 15) is 14.4 Å². The quantitative estimate of drug-likeness (QED) is 0.488. The van der Waals surface area contributed by atoms with Gasteiger partial charge in [0, 0.05) is 10.4 Å². The fourth-order valence-electron chi connectivity index (χ4n) is 2.62. The SMILES string of the molecule is Cc1cccc(C(=O)Nc2ccccc2C(=O)OCC(=O)c2ccc(C)s2)c1. The molecular formula is C22H19NO4S. The molecule has 0 fully saturated rings. The predicted molar refractivity (Wildman–Crippen MR) is 109 cm³/mol. The van der Waals surface area contributed by atoms with Crippen LogP contribution < -0.4 is 5.32 Å². The molecule has 0 atom stereocenters. The maximum absolute atomic E-state index is 12.5. The van der Waals surface area contributed by atoms with Gasteiger partial charge in [0.2, 0.25) is 5.78 Å². The first kappa shape index (κ1) is 19.5. The molecule has 142 valence electrons. The zero-order valence-electron chi connectivity index (χ0n) is 15.5. The number of benzene rings is 2. The van der Waals surface area contributed by atoms with Crippen molar-refractivity contribution in [1.82, 2.24) is 0 Å². The Morgan fingerprint density at radius 2 is 1.75 bits per heavy atom. The highest BCUT2D eigenvalue weighted by atomic mass is 32.1. The minimum Gasteiger partial charge on any atom is -0.454 e. The number of ether oxygens (including phenoxy) is 1. The Labute approximate surface area is 167 Å². The Hall–Kier alpha value is -3.25. The first-order chi connectivity index (χ1) is 13.4. The van der Waals surface area contributed by atoms with E-state index in [-0.39, 0.29) is 23.9 Å². The maximum Gasteiger partial charge on any atom is 0.340 e. The second kappa shape index (κ2) is 8.63. The standard InChI is InChI=1S/C22H19NO4S/c1-14-6-5-7-16(12-14)21(25)23-18-9-4-3-8-17(18)22(26)27-13-19(24)20-11-10-15(2)28-20/h3-12H,13H2,1-2H3,(H,23,25). The number of thiophene rings is 1. The van der Waals surface area contributed by atoms with Crippen LogP contribution >= 0.6 is 11.3 Å². The lowest BCUT2D eigenvalue weighted by molar-refractivity contribution is 0.0477. The molecule has 0 saturated heterocycles. The summed E-state index contributed by atoms with van der Waals surface area (Å²) >= 11 is 1.36. The van der Waals surface area contributed by atoms with E-state index in [0.29, 0.717) is 16.1 Å². The molecule has 0 aliphatic rings. The maximum atomic E-state index is 12.5. The van der Waals surface area contributed by atoms with Gasteiger partial charge in [-0.2, -0.15) is 0 Å². The third-order valence-corrected chi connectivity index (χ3v) is 5.07. The zero-order valence-corrected chi connectivity index (χ0v) is 16.3. The minimum absolute atomic E-state index is 0.193. The molecule has 0 aliphatic carbocycles. The molecule has 0 spiro atoms. The van der Waals surface area contributed by atoms with E-state index in [2.05, 4.69) is 5.32 Å². The lowest BCUT2D eigenvalue weighted by Crippen LogP contribution is -2.18. The van der Waals surface area contributed by atoms with Crippen molar-refractivity contribution in [2.45, 2.75) is 13.8 Å². The largest absolute Gasteiger partial charge is 0.454 e. The van der Waals surface area contributed by atoms with Gasteiger partial charge in [0.25, 0.3) is 5.91 Å². The van der Waals surface area contributed by atoms with Crippen molar-refractivity contribution >= 4 is 34.7 Å². The molecule has 3 rings (SSSR count). The number of anilines is 1. The zero-order chi connectivity index (χ0) is 20.1. The summed E-state index contributed by atoms with van der Waals surface area (Å²) in [5.41, 5.74) is 1.98. The highest BCUT2D eigenvalue weighted by molar-refractivity contribution is 7.14. The van der Waals surface area contributed by atoms with Gasteiger partial charge < -0.3 is 10.1 Å². The van der Waals surface area contributed by atoms with Crippen LogP contribution in [0.1, 0.15) is 40.8 Å². The topological polar surface area (TPSA) is 72.5 Å². The van der Waals surface area contributed by atoms with Gasteiger partial charge in [-0.25, -0.2) is 4.79 Å². The highest BCUT2D eigenvalue weighted by Crippen LogP contribution is 2.19. The number of rotatable bonds is 6. The van der Waals surface area contributed by atoms with Crippen LogP contribution in [0, 0.1) is 13.8 Å². The Morgan fingerprint density at radius 1 is 0.964 bits per heavy atom. The molecule has 1 N–H and O–H groups in total. The smallest absolute Gasteiger partial charge is 0.340 e. The molecule has 0 unspecified atom stereocenters. The van der Waals surface area contributed by atoms with Crippen LogP contribution in [0.25, 0.3) is 0 Å². The van der Waals surface area contributed by atoms with Gasteiger partial charge in [0.15, 0.2) is 6.61 Å². The fraction of sp³-hybridized carbons (Fsp3) is 0.136. The average Bonchev–Trinajstić information content (AvgIpc) is 3.12. The summed E-state index contributed by atoms with van der Waals surface area (Å²) in [5.74, 6) is -1.25. The molecule has 2 aromatic carbocycles. The van der Waals surface area contributed by atoms with E-state index in [1.54, 1.807) is 48.5 Å². The summed E-state index contributed by atoms with van der Waals surface area (Å²) in [6, 6.07) is 17.3. The number of carbonyl (C=O) groups excluding carboxylic acids is 3. The molecule has 0 radical (unpaired) electrons. The molecule has 28 heavy (non-hydrogen) atoms. The third kappa shape index (κ3) is 4.72. The van der Waals surface area contributed by atoms with Crippen molar-refractivity contribution in [3.05, 3.63) is 87.1 Å². The normalized spacial score (nSPS) is 10.4. The molecule has 0 saturated carbocycles. The molecule has 6 heteroatoms. The summed E-state index contributed by atoms with van der Waals surface area (Å²) in [6.07, 6.45) is 0. The lowest BCUT2D eigenvalue weighted by Gasteiger charge is -2.11. The van der Waals surface area contributed by atoms with E-state index in [1.807, 2.05) is 26.0 Å². The molecular weight excluding hydrogens is 374 g/mol. The van der Waals surface area contributed by atoms with Gasteiger partial charge in [-0.3, -0.25) is 9.59 Å². The van der Waals surface area contributed by atoms with Crippen molar-refractivity contribution in [3.8, 4) is 0 Å². The minimum atomic E-state index is -0.665. The van der Waals surface area contributed by atoms with Crippen molar-refractivity contribution in [2.75, 3.05) is 11.9 Å². The Morgan fingerprint density at radius 3 is 2.46 bits per heavy atom. The number of nitrogens with one attached hydrogen (secondary N) is 1. The highest BCUT2D eigenvalue weighted by Gasteiger charge is 2.17. The number of esters is 1. The average molecular weight is 393 g/mol. The van der Waals surface area contributed by atoms with Gasteiger partial charge in [0.1, 0.15) is 0 Å². The number of Topliss-reactive ketones (excluding diaryl/α,β-unsaturated/α-hetero) is 1. The Balaban J connectivity index is 1.69. The van der Waals surface area contributed by atoms with Crippen LogP contribution in [0.3, 0.4) is 0 Å². The molecule has 1 amide bonds. The number of aryl methyl sites for hydroxylation is 2. The second-order valence-corrected chi connectivity index (χ2v) is 7.57. The molecule has 3 aromatic rings. The van der Waals surface area contributed by atoms with Crippen LogP contribution in [-0.2, 0) is 4.74 Å². The van der Waals surface area contributed by atoms with Crippen LogP contribution in [0.2, 0.25) is 0 Å². The number of carbonyl (C=O) groups is 3. The van der Waals surface area contributed by atoms with E-state index < -0.39 is 5.97 Å². The van der Waals surface area contributed by atoms with E-state index in [0.717, 1.165) is 10.4 Å². The number of para-hydroxylation sites is 1. The first-order valence-electron chi connectivity index (χ1n) is 8.68. The summed E-state index contributed by atoms with van der Waals surface area (Å²) in [7, 11) is 0. The molecule has 1 aromatic heterocycles. The molecule has 0 aliphatic heterocycles. The van der Waals surface area contributed by atoms with E-state index >= 15 is 0 Å². The van der Waals surface area contributed by atoms with Crippen molar-refractivity contribution in [1.29, 1.82) is 0 Å². The van der Waals surface area contributed by atoms with Crippen molar-refractivity contribution < 1.29 is 19.1 Å². The Kier molecular flexibility index (Phi) is 6.01. The van der Waals surface area contributed by atoms with Crippen LogP contribution in [0.5, 0.6) is 0 Å². The van der Waals surface area contributed by atoms with Crippen LogP contribution in [0.15, 0.2) is 60.7 Å². The van der Waals surface area contributed by atoms with Gasteiger partial charge in [-0.05, 0) is 50.2 Å². The summed E-state index contributed by atoms with van der Waals surface area (Å²) in [5, 5.41) is 2.73. The second-order valence-electron chi connectivity index (χ2n) is 6.28. The van der Waals surface area contributed by atoms with Crippen molar-refractivity contribution in [3.63, 3.8) is 0 Å². The van der Waals surface area contributed by atoms with E-state index in [1.165, 1.54) is 11.3 Å². The molecule has 0 bridgehead atoms. The number of hydrogen-bond acceptors (Lipinski definition) is 5. The monoisotopic (exact) mass is 393 g/mol. The van der Waals surface area contributed by atoms with Gasteiger partial charge in [-0.15, -0.1) is 11.3 Å². The third-order valence-electron chi connectivity index (χ3n) is 4.02. The van der Waals surface area contributed by atoms with Crippen LogP contribution in [0.4, 0.5) is 5.69 Å². The first-order valence-corrected chi connectivity index (χ1v) is 9.49.